The van der Waals surface area contributed by atoms with Crippen molar-refractivity contribution in [3.05, 3.63) is 65.2 Å². The van der Waals surface area contributed by atoms with Crippen LogP contribution in [0.15, 0.2) is 53.6 Å². The third kappa shape index (κ3) is 5.14. The highest BCUT2D eigenvalue weighted by atomic mass is 16.5. The predicted molar refractivity (Wildman–Crippen MR) is 131 cm³/mol. The molecule has 4 rings (SSSR count). The highest BCUT2D eigenvalue weighted by Gasteiger charge is 2.38. The Morgan fingerprint density at radius 2 is 1.94 bits per heavy atom. The van der Waals surface area contributed by atoms with Crippen molar-refractivity contribution >= 4 is 17.6 Å². The molecule has 180 valence electrons. The summed E-state index contributed by atoms with van der Waals surface area (Å²) in [6, 6.07) is 15.3. The number of ether oxygens (including phenoxy) is 2. The first kappa shape index (κ1) is 24.0. The molecule has 2 atom stereocenters. The number of amides is 1. The topological polar surface area (TPSA) is 71.4 Å². The lowest BCUT2D eigenvalue weighted by molar-refractivity contribution is -0.152. The van der Waals surface area contributed by atoms with E-state index in [1.54, 1.807) is 19.0 Å². The zero-order valence-electron chi connectivity index (χ0n) is 20.2. The van der Waals surface area contributed by atoms with Gasteiger partial charge in [0.25, 0.3) is 5.91 Å². The quantitative estimate of drug-likeness (QED) is 0.578. The molecular weight excluding hydrogens is 430 g/mol. The van der Waals surface area contributed by atoms with E-state index in [0.29, 0.717) is 26.0 Å². The number of hydrazone groups is 1. The molecule has 0 saturated carbocycles. The van der Waals surface area contributed by atoms with E-state index in [2.05, 4.69) is 6.07 Å². The average Bonchev–Trinajstić information content (AvgIpc) is 3.30. The van der Waals surface area contributed by atoms with Crippen LogP contribution in [0.3, 0.4) is 0 Å². The van der Waals surface area contributed by atoms with Crippen molar-refractivity contribution in [2.45, 2.75) is 51.6 Å². The summed E-state index contributed by atoms with van der Waals surface area (Å²) in [5, 5.41) is 6.40. The van der Waals surface area contributed by atoms with Crippen molar-refractivity contribution in [3.8, 4) is 5.75 Å². The molecule has 0 aliphatic carbocycles. The summed E-state index contributed by atoms with van der Waals surface area (Å²) in [5.74, 6) is 0.352. The Morgan fingerprint density at radius 3 is 2.71 bits per heavy atom. The normalized spacial score (nSPS) is 20.7. The van der Waals surface area contributed by atoms with Gasteiger partial charge >= 0.3 is 5.97 Å². The van der Waals surface area contributed by atoms with Crippen LogP contribution in [-0.4, -0.2) is 60.3 Å². The maximum atomic E-state index is 13.7. The molecule has 0 bridgehead atoms. The van der Waals surface area contributed by atoms with Crippen molar-refractivity contribution in [1.29, 1.82) is 0 Å². The summed E-state index contributed by atoms with van der Waals surface area (Å²) in [4.78, 5) is 28.1. The minimum atomic E-state index is -0.384. The molecular formula is C27H33N3O4. The molecule has 0 radical (unpaired) electrons. The van der Waals surface area contributed by atoms with Crippen LogP contribution in [0.1, 0.15) is 55.3 Å². The lowest BCUT2D eigenvalue weighted by Gasteiger charge is -2.34. The number of aryl methyl sites for hydroxylation is 1. The molecule has 1 amide bonds. The number of nitrogens with zero attached hydrogens (tertiary/aromatic N) is 3. The van der Waals surface area contributed by atoms with Gasteiger partial charge in [0.05, 0.1) is 32.0 Å². The zero-order valence-corrected chi connectivity index (χ0v) is 20.2. The van der Waals surface area contributed by atoms with Crippen molar-refractivity contribution in [2.24, 2.45) is 5.10 Å². The second-order valence-corrected chi connectivity index (χ2v) is 8.85. The number of para-hydroxylation sites is 1. The number of piperidine rings is 1. The van der Waals surface area contributed by atoms with Crippen LogP contribution in [0.25, 0.3) is 0 Å². The molecule has 0 unspecified atom stereocenters. The van der Waals surface area contributed by atoms with Crippen LogP contribution in [0.5, 0.6) is 5.75 Å². The monoisotopic (exact) mass is 463 g/mol. The molecule has 0 N–H and O–H groups in total. The van der Waals surface area contributed by atoms with Gasteiger partial charge in [0.1, 0.15) is 11.8 Å². The molecule has 0 aromatic heterocycles. The SMILES string of the molecule is CCOC(=O)[C@@H]1CCCCN1CC(=O)N1N=C(c2cccc(C)c2)C[C@H]1c1ccccc1OC. The average molecular weight is 464 g/mol. The van der Waals surface area contributed by atoms with Crippen molar-refractivity contribution in [1.82, 2.24) is 9.91 Å². The van der Waals surface area contributed by atoms with Crippen molar-refractivity contribution in [3.63, 3.8) is 0 Å². The first-order valence-electron chi connectivity index (χ1n) is 12.0. The van der Waals surface area contributed by atoms with Gasteiger partial charge in [0.15, 0.2) is 0 Å². The fourth-order valence-corrected chi connectivity index (χ4v) is 4.86. The summed E-state index contributed by atoms with van der Waals surface area (Å²) in [6.45, 7) is 5.01. The number of hydrogen-bond donors (Lipinski definition) is 0. The summed E-state index contributed by atoms with van der Waals surface area (Å²) >= 11 is 0. The Hall–Kier alpha value is -3.19. The second-order valence-electron chi connectivity index (χ2n) is 8.85. The van der Waals surface area contributed by atoms with Crippen LogP contribution in [0.4, 0.5) is 0 Å². The Balaban J connectivity index is 1.63. The third-order valence-electron chi connectivity index (χ3n) is 6.53. The van der Waals surface area contributed by atoms with Crippen molar-refractivity contribution < 1.29 is 19.1 Å². The highest BCUT2D eigenvalue weighted by molar-refractivity contribution is 6.03. The molecule has 2 aromatic rings. The van der Waals surface area contributed by atoms with Crippen molar-refractivity contribution in [2.75, 3.05) is 26.8 Å². The second kappa shape index (κ2) is 10.8. The van der Waals surface area contributed by atoms with E-state index >= 15 is 0 Å². The van der Waals surface area contributed by atoms with Crippen LogP contribution < -0.4 is 4.74 Å². The Kier molecular flexibility index (Phi) is 7.63. The fraction of sp³-hybridized carbons (Fsp3) is 0.444. The molecule has 2 aliphatic rings. The van der Waals surface area contributed by atoms with Gasteiger partial charge in [-0.2, -0.15) is 5.10 Å². The van der Waals surface area contributed by atoms with E-state index < -0.39 is 0 Å². The van der Waals surface area contributed by atoms with Gasteiger partial charge in [0, 0.05) is 12.0 Å². The standard InChI is InChI=1S/C27H33N3O4/c1-4-34-27(32)23-13-7-8-15-29(23)18-26(31)30-24(21-12-5-6-14-25(21)33-3)17-22(28-30)20-11-9-10-19(2)16-20/h5-6,9-12,14,16,23-24H,4,7-8,13,15,17-18H2,1-3H3/t23-,24-/m0/s1. The van der Waals surface area contributed by atoms with Gasteiger partial charge in [-0.25, -0.2) is 5.01 Å². The van der Waals surface area contributed by atoms with Gasteiger partial charge in [-0.15, -0.1) is 0 Å². The number of benzene rings is 2. The van der Waals surface area contributed by atoms with E-state index in [0.717, 1.165) is 41.0 Å². The first-order chi connectivity index (χ1) is 16.5. The van der Waals surface area contributed by atoms with Crippen LogP contribution in [0, 0.1) is 6.92 Å². The zero-order chi connectivity index (χ0) is 24.1. The molecule has 2 aromatic carbocycles. The first-order valence-corrected chi connectivity index (χ1v) is 12.0. The molecule has 1 saturated heterocycles. The maximum absolute atomic E-state index is 13.7. The minimum absolute atomic E-state index is 0.125. The van der Waals surface area contributed by atoms with E-state index in [1.807, 2.05) is 54.3 Å². The number of hydrogen-bond acceptors (Lipinski definition) is 6. The molecule has 7 heteroatoms. The van der Waals surface area contributed by atoms with Gasteiger partial charge < -0.3 is 9.47 Å². The Morgan fingerprint density at radius 1 is 1.12 bits per heavy atom. The van der Waals surface area contributed by atoms with E-state index in [1.165, 1.54) is 0 Å². The molecule has 1 fully saturated rings. The van der Waals surface area contributed by atoms with E-state index in [-0.39, 0.29) is 30.5 Å². The summed E-state index contributed by atoms with van der Waals surface area (Å²) in [5.41, 5.74) is 3.95. The predicted octanol–water partition coefficient (Wildman–Crippen LogP) is 4.10. The summed E-state index contributed by atoms with van der Waals surface area (Å²) in [6.07, 6.45) is 3.21. The number of likely N-dealkylation sites (tertiary alicyclic amines) is 1. The largest absolute Gasteiger partial charge is 0.496 e. The molecule has 7 nitrogen and oxygen atoms in total. The summed E-state index contributed by atoms with van der Waals surface area (Å²) < 4.78 is 10.9. The van der Waals surface area contributed by atoms with Crippen LogP contribution in [0.2, 0.25) is 0 Å². The molecule has 2 heterocycles. The number of methoxy groups -OCH3 is 1. The van der Waals surface area contributed by atoms with Gasteiger partial charge in [-0.1, -0.05) is 54.4 Å². The third-order valence-corrected chi connectivity index (χ3v) is 6.53. The number of rotatable bonds is 7. The summed E-state index contributed by atoms with van der Waals surface area (Å²) in [7, 11) is 1.64. The van der Waals surface area contributed by atoms with Gasteiger partial charge in [-0.3, -0.25) is 14.5 Å². The lowest BCUT2D eigenvalue weighted by atomic mass is 9.97. The fourth-order valence-electron chi connectivity index (χ4n) is 4.86. The van der Waals surface area contributed by atoms with E-state index in [9.17, 15) is 9.59 Å². The number of carbonyl (C=O) groups excluding carboxylic acids is 2. The molecule has 34 heavy (non-hydrogen) atoms. The van der Waals surface area contributed by atoms with Gasteiger partial charge in [0.2, 0.25) is 0 Å². The Bertz CT molecular complexity index is 1070. The highest BCUT2D eigenvalue weighted by Crippen LogP contribution is 2.37. The van der Waals surface area contributed by atoms with Crippen LogP contribution >= 0.6 is 0 Å². The smallest absolute Gasteiger partial charge is 0.323 e. The molecule has 2 aliphatic heterocycles. The Labute approximate surface area is 201 Å². The molecule has 0 spiro atoms. The minimum Gasteiger partial charge on any atom is -0.496 e. The number of carbonyl (C=O) groups is 2. The van der Waals surface area contributed by atoms with Gasteiger partial charge in [-0.05, 0) is 44.9 Å². The lowest BCUT2D eigenvalue weighted by Crippen LogP contribution is -2.49. The number of esters is 1. The maximum Gasteiger partial charge on any atom is 0.323 e. The van der Waals surface area contributed by atoms with Crippen LogP contribution in [-0.2, 0) is 14.3 Å². The van der Waals surface area contributed by atoms with E-state index in [4.69, 9.17) is 14.6 Å².